The van der Waals surface area contributed by atoms with E-state index in [9.17, 15) is 4.79 Å². The minimum absolute atomic E-state index is 0.167. The van der Waals surface area contributed by atoms with Gasteiger partial charge >= 0.3 is 0 Å². The van der Waals surface area contributed by atoms with Crippen molar-refractivity contribution in [1.82, 2.24) is 15.9 Å². The van der Waals surface area contributed by atoms with E-state index in [2.05, 4.69) is 22.0 Å². The van der Waals surface area contributed by atoms with E-state index in [0.29, 0.717) is 35.9 Å². The Kier molecular flexibility index (Phi) is 3.63. The van der Waals surface area contributed by atoms with Gasteiger partial charge in [0.15, 0.2) is 0 Å². The van der Waals surface area contributed by atoms with E-state index in [1.54, 1.807) is 0 Å². The van der Waals surface area contributed by atoms with E-state index in [1.807, 2.05) is 11.2 Å². The zero-order valence-electron chi connectivity index (χ0n) is 14.0. The Bertz CT molecular complexity index is 584. The van der Waals surface area contributed by atoms with Gasteiger partial charge in [0, 0.05) is 31.4 Å². The van der Waals surface area contributed by atoms with Crippen LogP contribution in [0.4, 0.5) is 0 Å². The van der Waals surface area contributed by atoms with Crippen LogP contribution in [0.5, 0.6) is 0 Å². The van der Waals surface area contributed by atoms with Crippen LogP contribution in [0.25, 0.3) is 0 Å². The molecule has 4 fully saturated rings. The van der Waals surface area contributed by atoms with Crippen molar-refractivity contribution in [3.8, 4) is 0 Å². The average molecular weight is 330 g/mol. The molecule has 5 unspecified atom stereocenters. The molecule has 3 heterocycles. The summed E-state index contributed by atoms with van der Waals surface area (Å²) in [6, 6.07) is 1.07. The molecule has 0 aromatic carbocycles. The quantitative estimate of drug-likeness (QED) is 0.758. The number of nitrogens with zero attached hydrogens (tertiary/aromatic N) is 2. The molecule has 6 nitrogen and oxygen atoms in total. The maximum absolute atomic E-state index is 13.3. The van der Waals surface area contributed by atoms with Gasteiger partial charge in [-0.15, -0.1) is 0 Å². The van der Waals surface area contributed by atoms with E-state index < -0.39 is 0 Å². The summed E-state index contributed by atoms with van der Waals surface area (Å²) in [7, 11) is 0. The maximum atomic E-state index is 13.3. The predicted octanol–water partition coefficient (Wildman–Crippen LogP) is 1.20. The van der Waals surface area contributed by atoms with Crippen molar-refractivity contribution in [3.05, 3.63) is 11.6 Å². The Hall–Kier alpha value is -1.40. The van der Waals surface area contributed by atoms with Crippen molar-refractivity contribution in [2.45, 2.75) is 56.7 Å². The predicted molar refractivity (Wildman–Crippen MR) is 90.0 cm³/mol. The number of hydrazone groups is 1. The Morgan fingerprint density at radius 2 is 2.04 bits per heavy atom. The van der Waals surface area contributed by atoms with Crippen LogP contribution >= 0.6 is 0 Å². The maximum Gasteiger partial charge on any atom is 0.240 e. The lowest BCUT2D eigenvalue weighted by atomic mass is 9.77. The number of hydrogen-bond acceptors (Lipinski definition) is 5. The second-order valence-corrected chi connectivity index (χ2v) is 7.88. The fraction of sp³-hybridized carbons (Fsp3) is 0.778. The summed E-state index contributed by atoms with van der Waals surface area (Å²) in [6.07, 6.45) is 10.3. The number of fused-ring (bicyclic) bond motifs is 2. The third-order valence-electron chi connectivity index (χ3n) is 6.80. The number of hydrogen-bond donors (Lipinski definition) is 2. The summed E-state index contributed by atoms with van der Waals surface area (Å²) in [6.45, 7) is 1.54. The molecule has 3 aliphatic heterocycles. The molecule has 5 aliphatic rings. The van der Waals surface area contributed by atoms with Gasteiger partial charge in [0.2, 0.25) is 5.91 Å². The zero-order chi connectivity index (χ0) is 16.1. The van der Waals surface area contributed by atoms with Gasteiger partial charge in [-0.05, 0) is 62.0 Å². The van der Waals surface area contributed by atoms with Gasteiger partial charge in [-0.2, -0.15) is 5.10 Å². The first-order valence-corrected chi connectivity index (χ1v) is 9.47. The highest BCUT2D eigenvalue weighted by molar-refractivity contribution is 5.80. The molecule has 24 heavy (non-hydrogen) atoms. The molecule has 0 radical (unpaired) electrons. The Morgan fingerprint density at radius 1 is 1.17 bits per heavy atom. The molecule has 0 aromatic rings. The molecule has 6 heteroatoms. The third-order valence-corrected chi connectivity index (χ3v) is 6.80. The van der Waals surface area contributed by atoms with Crippen molar-refractivity contribution >= 4 is 12.1 Å². The molecule has 5 rings (SSSR count). The Morgan fingerprint density at radius 3 is 2.92 bits per heavy atom. The van der Waals surface area contributed by atoms with Gasteiger partial charge in [-0.1, -0.05) is 0 Å². The van der Waals surface area contributed by atoms with Gasteiger partial charge in [0.05, 0.1) is 12.1 Å². The normalized spacial score (nSPS) is 42.0. The molecule has 2 aliphatic carbocycles. The van der Waals surface area contributed by atoms with Crippen LogP contribution in [-0.2, 0) is 9.53 Å². The van der Waals surface area contributed by atoms with Gasteiger partial charge in [-0.3, -0.25) is 9.80 Å². The van der Waals surface area contributed by atoms with Gasteiger partial charge in [0.1, 0.15) is 0 Å². The molecule has 2 saturated carbocycles. The summed E-state index contributed by atoms with van der Waals surface area (Å²) in [5.41, 5.74) is 8.41. The van der Waals surface area contributed by atoms with Crippen molar-refractivity contribution in [2.75, 3.05) is 13.2 Å². The second-order valence-electron chi connectivity index (χ2n) is 7.88. The van der Waals surface area contributed by atoms with E-state index in [0.717, 1.165) is 45.3 Å². The lowest BCUT2D eigenvalue weighted by Gasteiger charge is -2.46. The SMILES string of the molecule is O=C1C2CCC3=CC=NNC3C3CCC(NN1C1CCOCC1)C23. The van der Waals surface area contributed by atoms with Crippen LogP contribution in [0, 0.1) is 17.8 Å². The first kappa shape index (κ1) is 14.9. The van der Waals surface area contributed by atoms with Crippen LogP contribution in [0.15, 0.2) is 16.8 Å². The summed E-state index contributed by atoms with van der Waals surface area (Å²) >= 11 is 0. The number of rotatable bonds is 1. The topological polar surface area (TPSA) is 66.0 Å². The van der Waals surface area contributed by atoms with Gasteiger partial charge in [0.25, 0.3) is 0 Å². The standard InChI is InChI=1S/C18H26N4O2/c23-18-14-2-1-11-5-8-19-20-17(11)13-3-4-15(16(13)14)21-22(18)12-6-9-24-10-7-12/h5,8,12-17,20-21H,1-4,6-7,9-10H2. The average Bonchev–Trinajstić information content (AvgIpc) is 2.97. The Balaban J connectivity index is 1.43. The van der Waals surface area contributed by atoms with Crippen molar-refractivity contribution in [1.29, 1.82) is 0 Å². The van der Waals surface area contributed by atoms with Crippen molar-refractivity contribution in [3.63, 3.8) is 0 Å². The minimum atomic E-state index is 0.167. The number of nitrogens with one attached hydrogen (secondary N) is 2. The van der Waals surface area contributed by atoms with Crippen LogP contribution in [0.3, 0.4) is 0 Å². The van der Waals surface area contributed by atoms with Crippen LogP contribution < -0.4 is 10.9 Å². The number of carbonyl (C=O) groups excluding carboxylic acids is 1. The number of amides is 1. The molecule has 5 atom stereocenters. The first-order chi connectivity index (χ1) is 11.8. The molecule has 130 valence electrons. The molecule has 0 bridgehead atoms. The lowest BCUT2D eigenvalue weighted by Crippen LogP contribution is -2.64. The molecule has 0 spiro atoms. The van der Waals surface area contributed by atoms with Crippen LogP contribution in [-0.4, -0.2) is 48.5 Å². The summed E-state index contributed by atoms with van der Waals surface area (Å²) < 4.78 is 5.48. The second kappa shape index (κ2) is 5.85. The van der Waals surface area contributed by atoms with Crippen molar-refractivity contribution in [2.24, 2.45) is 22.9 Å². The fourth-order valence-electron chi connectivity index (χ4n) is 5.68. The van der Waals surface area contributed by atoms with Crippen LogP contribution in [0.1, 0.15) is 38.5 Å². The zero-order valence-corrected chi connectivity index (χ0v) is 14.0. The number of carbonyl (C=O) groups is 1. The highest BCUT2D eigenvalue weighted by Gasteiger charge is 2.54. The highest BCUT2D eigenvalue weighted by atomic mass is 16.5. The summed E-state index contributed by atoms with van der Waals surface area (Å²) in [5, 5.41) is 6.29. The van der Waals surface area contributed by atoms with E-state index in [-0.39, 0.29) is 5.92 Å². The molecule has 0 aromatic heterocycles. The molecular weight excluding hydrogens is 304 g/mol. The van der Waals surface area contributed by atoms with Gasteiger partial charge < -0.3 is 10.2 Å². The lowest BCUT2D eigenvalue weighted by molar-refractivity contribution is -0.155. The largest absolute Gasteiger partial charge is 0.381 e. The first-order valence-electron chi connectivity index (χ1n) is 9.47. The van der Waals surface area contributed by atoms with Crippen molar-refractivity contribution < 1.29 is 9.53 Å². The van der Waals surface area contributed by atoms with E-state index >= 15 is 0 Å². The number of hydrazine groups is 1. The third kappa shape index (κ3) is 2.23. The molecule has 2 N–H and O–H groups in total. The summed E-state index contributed by atoms with van der Waals surface area (Å²) in [5.74, 6) is 1.47. The highest BCUT2D eigenvalue weighted by Crippen LogP contribution is 2.48. The van der Waals surface area contributed by atoms with Gasteiger partial charge in [-0.25, -0.2) is 5.43 Å². The molecule has 1 amide bonds. The minimum Gasteiger partial charge on any atom is -0.381 e. The molecular formula is C18H26N4O2. The molecule has 2 saturated heterocycles. The fourth-order valence-corrected chi connectivity index (χ4v) is 5.68. The summed E-state index contributed by atoms with van der Waals surface area (Å²) in [4.78, 5) is 13.3. The number of ether oxygens (including phenoxy) is 1. The number of allylic oxidation sites excluding steroid dienone is 1. The van der Waals surface area contributed by atoms with E-state index in [4.69, 9.17) is 4.74 Å². The monoisotopic (exact) mass is 330 g/mol. The smallest absolute Gasteiger partial charge is 0.240 e. The van der Waals surface area contributed by atoms with E-state index in [1.165, 1.54) is 12.0 Å². The Labute approximate surface area is 142 Å². The van der Waals surface area contributed by atoms with Crippen LogP contribution in [0.2, 0.25) is 0 Å².